The molecule has 1 aliphatic heterocycles. The zero-order valence-corrected chi connectivity index (χ0v) is 12.2. The molecular formula is C16H17N5O. The third kappa shape index (κ3) is 2.65. The minimum atomic E-state index is 0.393. The summed E-state index contributed by atoms with van der Waals surface area (Å²) in [7, 11) is 0. The molecule has 112 valence electrons. The van der Waals surface area contributed by atoms with Crippen LogP contribution in [0.4, 0.5) is 0 Å². The molecule has 1 aliphatic rings. The van der Waals surface area contributed by atoms with Crippen molar-refractivity contribution in [3.05, 3.63) is 60.2 Å². The molecule has 0 saturated carbocycles. The number of rotatable bonds is 4. The first-order chi connectivity index (χ1) is 10.9. The van der Waals surface area contributed by atoms with E-state index in [0.717, 1.165) is 31.0 Å². The van der Waals surface area contributed by atoms with Gasteiger partial charge < -0.3 is 4.74 Å². The van der Waals surface area contributed by atoms with Crippen LogP contribution in [0.1, 0.15) is 23.6 Å². The number of aromatic nitrogens is 5. The third-order valence-electron chi connectivity index (χ3n) is 3.93. The molecule has 0 bridgehead atoms. The average Bonchev–Trinajstić information content (AvgIpc) is 3.29. The number of ether oxygens (including phenoxy) is 1. The van der Waals surface area contributed by atoms with Gasteiger partial charge in [-0.2, -0.15) is 5.10 Å². The number of hydrogen-bond acceptors (Lipinski definition) is 4. The summed E-state index contributed by atoms with van der Waals surface area (Å²) >= 11 is 0. The van der Waals surface area contributed by atoms with Crippen LogP contribution in [-0.4, -0.2) is 38.0 Å². The molecule has 0 spiro atoms. The van der Waals surface area contributed by atoms with Gasteiger partial charge in [-0.1, -0.05) is 17.3 Å². The van der Waals surface area contributed by atoms with Crippen molar-refractivity contribution in [1.29, 1.82) is 0 Å². The van der Waals surface area contributed by atoms with Crippen molar-refractivity contribution in [2.75, 3.05) is 13.2 Å². The van der Waals surface area contributed by atoms with E-state index in [-0.39, 0.29) is 0 Å². The van der Waals surface area contributed by atoms with Crippen molar-refractivity contribution in [2.45, 2.75) is 18.9 Å². The first kappa shape index (κ1) is 13.2. The zero-order chi connectivity index (χ0) is 14.8. The van der Waals surface area contributed by atoms with E-state index in [1.54, 1.807) is 6.20 Å². The summed E-state index contributed by atoms with van der Waals surface area (Å²) in [4.78, 5) is 0. The van der Waals surface area contributed by atoms with E-state index < -0.39 is 0 Å². The quantitative estimate of drug-likeness (QED) is 0.739. The molecule has 0 radical (unpaired) electrons. The van der Waals surface area contributed by atoms with Crippen molar-refractivity contribution < 1.29 is 4.74 Å². The van der Waals surface area contributed by atoms with Gasteiger partial charge in [-0.25, -0.2) is 9.36 Å². The fourth-order valence-electron chi connectivity index (χ4n) is 2.75. The maximum absolute atomic E-state index is 5.41. The molecule has 3 heterocycles. The highest BCUT2D eigenvalue weighted by atomic mass is 16.5. The first-order valence-corrected chi connectivity index (χ1v) is 7.45. The highest BCUT2D eigenvalue weighted by Crippen LogP contribution is 2.23. The Morgan fingerprint density at radius 2 is 2.27 bits per heavy atom. The van der Waals surface area contributed by atoms with Gasteiger partial charge in [0, 0.05) is 31.1 Å². The minimum absolute atomic E-state index is 0.393. The molecule has 22 heavy (non-hydrogen) atoms. The van der Waals surface area contributed by atoms with E-state index in [0.29, 0.717) is 12.5 Å². The third-order valence-corrected chi connectivity index (χ3v) is 3.93. The SMILES string of the molecule is c1cc(Cn2cc([C@@H]3CCOC3)nn2)cc(-n2cccn2)c1. The van der Waals surface area contributed by atoms with E-state index >= 15 is 0 Å². The molecule has 1 aromatic carbocycles. The second kappa shape index (κ2) is 5.73. The minimum Gasteiger partial charge on any atom is -0.381 e. The van der Waals surface area contributed by atoms with Crippen LogP contribution in [0.5, 0.6) is 0 Å². The van der Waals surface area contributed by atoms with Crippen LogP contribution in [0.3, 0.4) is 0 Å². The lowest BCUT2D eigenvalue weighted by atomic mass is 10.1. The Bertz CT molecular complexity index is 744. The summed E-state index contributed by atoms with van der Waals surface area (Å²) in [6, 6.07) is 10.2. The monoisotopic (exact) mass is 295 g/mol. The zero-order valence-electron chi connectivity index (χ0n) is 12.2. The van der Waals surface area contributed by atoms with Gasteiger partial charge in [0.2, 0.25) is 0 Å². The molecule has 6 heteroatoms. The Morgan fingerprint density at radius 3 is 3.09 bits per heavy atom. The molecule has 2 aromatic heterocycles. The number of hydrogen-bond donors (Lipinski definition) is 0. The molecule has 3 aromatic rings. The summed E-state index contributed by atoms with van der Waals surface area (Å²) in [5.41, 5.74) is 3.25. The predicted molar refractivity (Wildman–Crippen MR) is 80.9 cm³/mol. The lowest BCUT2D eigenvalue weighted by Gasteiger charge is -2.05. The molecular weight excluding hydrogens is 278 g/mol. The van der Waals surface area contributed by atoms with Crippen molar-refractivity contribution >= 4 is 0 Å². The van der Waals surface area contributed by atoms with Crippen LogP contribution in [0.2, 0.25) is 0 Å². The summed E-state index contributed by atoms with van der Waals surface area (Å²) in [6.07, 6.45) is 6.78. The summed E-state index contributed by atoms with van der Waals surface area (Å²) in [6.45, 7) is 2.28. The smallest absolute Gasteiger partial charge is 0.0881 e. The lowest BCUT2D eigenvalue weighted by molar-refractivity contribution is 0.193. The van der Waals surface area contributed by atoms with Gasteiger partial charge in [0.15, 0.2) is 0 Å². The Kier molecular flexibility index (Phi) is 3.44. The second-order valence-electron chi connectivity index (χ2n) is 5.52. The molecule has 0 amide bonds. The van der Waals surface area contributed by atoms with Gasteiger partial charge in [-0.15, -0.1) is 5.10 Å². The molecule has 1 saturated heterocycles. The summed E-state index contributed by atoms with van der Waals surface area (Å²) < 4.78 is 9.15. The highest BCUT2D eigenvalue weighted by molar-refractivity contribution is 5.35. The largest absolute Gasteiger partial charge is 0.381 e. The van der Waals surface area contributed by atoms with Crippen LogP contribution in [0.25, 0.3) is 5.69 Å². The van der Waals surface area contributed by atoms with Crippen molar-refractivity contribution in [1.82, 2.24) is 24.8 Å². The van der Waals surface area contributed by atoms with Gasteiger partial charge in [0.1, 0.15) is 0 Å². The van der Waals surface area contributed by atoms with E-state index in [1.165, 1.54) is 5.56 Å². The Labute approximate surface area is 128 Å². The molecule has 0 unspecified atom stereocenters. The predicted octanol–water partition coefficient (Wildman–Crippen LogP) is 2.02. The second-order valence-corrected chi connectivity index (χ2v) is 5.52. The van der Waals surface area contributed by atoms with Crippen LogP contribution in [0.15, 0.2) is 48.9 Å². The topological polar surface area (TPSA) is 57.8 Å². The molecule has 4 rings (SSSR count). The summed E-state index contributed by atoms with van der Waals surface area (Å²) in [5.74, 6) is 0.393. The maximum Gasteiger partial charge on any atom is 0.0881 e. The maximum atomic E-state index is 5.41. The Morgan fingerprint density at radius 1 is 1.27 bits per heavy atom. The average molecular weight is 295 g/mol. The van der Waals surface area contributed by atoms with Crippen LogP contribution in [0, 0.1) is 0 Å². The Hall–Kier alpha value is -2.47. The van der Waals surface area contributed by atoms with Crippen LogP contribution in [-0.2, 0) is 11.3 Å². The number of benzene rings is 1. The van der Waals surface area contributed by atoms with Gasteiger partial charge in [0.25, 0.3) is 0 Å². The highest BCUT2D eigenvalue weighted by Gasteiger charge is 2.20. The van der Waals surface area contributed by atoms with Gasteiger partial charge in [-0.3, -0.25) is 0 Å². The lowest BCUT2D eigenvalue weighted by Crippen LogP contribution is -2.02. The molecule has 1 atom stereocenters. The molecule has 0 N–H and O–H groups in total. The number of nitrogens with zero attached hydrogens (tertiary/aromatic N) is 5. The van der Waals surface area contributed by atoms with Crippen LogP contribution >= 0.6 is 0 Å². The van der Waals surface area contributed by atoms with Gasteiger partial charge >= 0.3 is 0 Å². The van der Waals surface area contributed by atoms with E-state index in [9.17, 15) is 0 Å². The molecule has 6 nitrogen and oxygen atoms in total. The van der Waals surface area contributed by atoms with Crippen molar-refractivity contribution in [3.63, 3.8) is 0 Å². The fourth-order valence-corrected chi connectivity index (χ4v) is 2.75. The normalized spacial score (nSPS) is 17.9. The standard InChI is InChI=1S/C16H17N5O/c1-3-13(9-15(4-1)21-7-2-6-17-21)10-20-11-16(18-19-20)14-5-8-22-12-14/h1-4,6-7,9,11,14H,5,8,10,12H2/t14-/m1/s1. The summed E-state index contributed by atoms with van der Waals surface area (Å²) in [5, 5.41) is 12.8. The molecule has 1 fully saturated rings. The van der Waals surface area contributed by atoms with Gasteiger partial charge in [0.05, 0.1) is 24.5 Å². The van der Waals surface area contributed by atoms with E-state index in [1.807, 2.05) is 40.0 Å². The van der Waals surface area contributed by atoms with E-state index in [2.05, 4.69) is 27.5 Å². The fraction of sp³-hybridized carbons (Fsp3) is 0.312. The first-order valence-electron chi connectivity index (χ1n) is 7.45. The van der Waals surface area contributed by atoms with Crippen molar-refractivity contribution in [3.8, 4) is 5.69 Å². The van der Waals surface area contributed by atoms with Crippen molar-refractivity contribution in [2.24, 2.45) is 0 Å². The van der Waals surface area contributed by atoms with E-state index in [4.69, 9.17) is 4.74 Å². The molecule has 0 aliphatic carbocycles. The Balaban J connectivity index is 1.52. The van der Waals surface area contributed by atoms with Gasteiger partial charge in [-0.05, 0) is 30.2 Å². The van der Waals surface area contributed by atoms with Crippen LogP contribution < -0.4 is 0 Å².